The van der Waals surface area contributed by atoms with E-state index in [-0.39, 0.29) is 27.5 Å². The van der Waals surface area contributed by atoms with Gasteiger partial charge in [-0.3, -0.25) is 14.9 Å². The van der Waals surface area contributed by atoms with Crippen LogP contribution in [-0.4, -0.2) is 59.0 Å². The van der Waals surface area contributed by atoms with Crippen LogP contribution in [0, 0.1) is 11.6 Å². The topological polar surface area (TPSA) is 147 Å². The first-order chi connectivity index (χ1) is 14.5. The molecular formula is C17H18BrF2N5O5S. The number of benzene rings is 1. The summed E-state index contributed by atoms with van der Waals surface area (Å²) >= 11 is 3.60. The van der Waals surface area contributed by atoms with E-state index in [0.29, 0.717) is 11.5 Å². The number of rotatable bonds is 8. The number of carbonyl (C=O) groups excluding carboxylic acids is 3. The molecule has 0 radical (unpaired) electrons. The van der Waals surface area contributed by atoms with Crippen molar-refractivity contribution in [2.45, 2.75) is 12.7 Å². The Morgan fingerprint density at radius 2 is 1.94 bits per heavy atom. The van der Waals surface area contributed by atoms with Crippen LogP contribution in [0.25, 0.3) is 0 Å². The van der Waals surface area contributed by atoms with Crippen molar-refractivity contribution in [1.29, 1.82) is 0 Å². The molecule has 0 aliphatic heterocycles. The molecule has 0 saturated heterocycles. The van der Waals surface area contributed by atoms with Crippen LogP contribution in [0.3, 0.4) is 0 Å². The van der Waals surface area contributed by atoms with Crippen molar-refractivity contribution in [1.82, 2.24) is 14.6 Å². The lowest BCUT2D eigenvalue weighted by Gasteiger charge is -2.16. The lowest BCUT2D eigenvalue weighted by molar-refractivity contribution is -0.137. The van der Waals surface area contributed by atoms with Crippen molar-refractivity contribution in [3.63, 3.8) is 0 Å². The summed E-state index contributed by atoms with van der Waals surface area (Å²) in [5.41, 5.74) is 4.62. The van der Waals surface area contributed by atoms with Crippen LogP contribution in [0.4, 0.5) is 18.6 Å². The van der Waals surface area contributed by atoms with E-state index >= 15 is 0 Å². The summed E-state index contributed by atoms with van der Waals surface area (Å²) in [6.07, 6.45) is -1.47. The smallest absolute Gasteiger partial charge is 0.320 e. The summed E-state index contributed by atoms with van der Waals surface area (Å²) in [5, 5.41) is 14.1. The van der Waals surface area contributed by atoms with Crippen LogP contribution in [0.2, 0.25) is 0 Å². The zero-order valence-electron chi connectivity index (χ0n) is 16.2. The molecule has 31 heavy (non-hydrogen) atoms. The highest BCUT2D eigenvalue weighted by atomic mass is 79.9. The summed E-state index contributed by atoms with van der Waals surface area (Å²) < 4.78 is 37.2. The van der Waals surface area contributed by atoms with E-state index in [1.54, 1.807) is 0 Å². The van der Waals surface area contributed by atoms with Gasteiger partial charge in [0.25, 0.3) is 11.8 Å². The molecule has 0 aliphatic carbocycles. The number of halogens is 3. The van der Waals surface area contributed by atoms with Gasteiger partial charge in [-0.15, -0.1) is 0 Å². The highest BCUT2D eigenvalue weighted by Crippen LogP contribution is 2.31. The third kappa shape index (κ3) is 6.32. The van der Waals surface area contributed by atoms with Gasteiger partial charge in [0.1, 0.15) is 34.9 Å². The molecule has 1 aromatic heterocycles. The van der Waals surface area contributed by atoms with E-state index < -0.39 is 47.8 Å². The third-order valence-corrected chi connectivity index (χ3v) is 4.98. The Hall–Kier alpha value is -2.84. The van der Waals surface area contributed by atoms with Gasteiger partial charge >= 0.3 is 6.03 Å². The van der Waals surface area contributed by atoms with Gasteiger partial charge in [-0.2, -0.15) is 4.37 Å². The standard InChI is InChI=1S/C17H18BrF2N5O5S/c1-25(2)16(28)11(26)5-22-17(29)23-15-12(13(21)27)14(24-31-15)30-6-8-9(19)3-7(18)4-10(8)20/h3-4,11,26H,5-6H2,1-2H3,(H2,21,27)(H2,22,23,29). The van der Waals surface area contributed by atoms with Crippen molar-refractivity contribution >= 4 is 50.3 Å². The molecule has 1 unspecified atom stereocenters. The Bertz CT molecular complexity index is 980. The number of primary amides is 1. The molecule has 0 fully saturated rings. The number of anilines is 1. The molecule has 10 nitrogen and oxygen atoms in total. The lowest BCUT2D eigenvalue weighted by atomic mass is 10.2. The number of nitrogens with two attached hydrogens (primary N) is 1. The summed E-state index contributed by atoms with van der Waals surface area (Å²) in [4.78, 5) is 36.5. The molecule has 14 heteroatoms. The van der Waals surface area contributed by atoms with E-state index in [0.717, 1.165) is 17.0 Å². The molecule has 1 heterocycles. The minimum absolute atomic E-state index is 0.0924. The van der Waals surface area contributed by atoms with E-state index in [1.807, 2.05) is 0 Å². The fourth-order valence-corrected chi connectivity index (χ4v) is 3.39. The average molecular weight is 522 g/mol. The number of aromatic nitrogens is 1. The Morgan fingerprint density at radius 1 is 1.32 bits per heavy atom. The number of hydrogen-bond acceptors (Lipinski definition) is 7. The first kappa shape index (κ1) is 24.4. The van der Waals surface area contributed by atoms with Gasteiger partial charge in [-0.1, -0.05) is 15.9 Å². The summed E-state index contributed by atoms with van der Waals surface area (Å²) in [5.74, 6) is -3.67. The Balaban J connectivity index is 2.08. The van der Waals surface area contributed by atoms with Crippen LogP contribution in [0.1, 0.15) is 15.9 Å². The largest absolute Gasteiger partial charge is 0.471 e. The number of hydrogen-bond donors (Lipinski definition) is 4. The fourth-order valence-electron chi connectivity index (χ4n) is 2.25. The van der Waals surface area contributed by atoms with Gasteiger partial charge in [0.15, 0.2) is 0 Å². The molecular weight excluding hydrogens is 504 g/mol. The predicted molar refractivity (Wildman–Crippen MR) is 111 cm³/mol. The number of urea groups is 1. The first-order valence-corrected chi connectivity index (χ1v) is 10.1. The zero-order chi connectivity index (χ0) is 23.3. The lowest BCUT2D eigenvalue weighted by Crippen LogP contribution is -2.43. The molecule has 0 saturated carbocycles. The Kier molecular flexibility index (Phi) is 8.24. The maximum absolute atomic E-state index is 13.9. The number of likely N-dealkylation sites (N-methyl/N-ethyl adjacent to an activating group) is 1. The van der Waals surface area contributed by atoms with Crippen LogP contribution < -0.4 is 21.1 Å². The van der Waals surface area contributed by atoms with E-state index in [4.69, 9.17) is 10.5 Å². The van der Waals surface area contributed by atoms with Crippen molar-refractivity contribution in [2.24, 2.45) is 5.73 Å². The van der Waals surface area contributed by atoms with Gasteiger partial charge in [0, 0.05) is 18.6 Å². The predicted octanol–water partition coefficient (Wildman–Crippen LogP) is 1.43. The highest BCUT2D eigenvalue weighted by Gasteiger charge is 2.24. The number of aliphatic hydroxyl groups is 1. The van der Waals surface area contributed by atoms with Gasteiger partial charge in [0.05, 0.1) is 12.1 Å². The van der Waals surface area contributed by atoms with Crippen molar-refractivity contribution < 1.29 is 33.0 Å². The van der Waals surface area contributed by atoms with Gasteiger partial charge in [0.2, 0.25) is 5.88 Å². The second-order valence-electron chi connectivity index (χ2n) is 6.28. The van der Waals surface area contributed by atoms with E-state index in [2.05, 4.69) is 30.9 Å². The number of carbonyl (C=O) groups is 3. The van der Waals surface area contributed by atoms with Crippen LogP contribution in [0.15, 0.2) is 16.6 Å². The van der Waals surface area contributed by atoms with Crippen LogP contribution >= 0.6 is 27.5 Å². The number of amides is 4. The maximum atomic E-state index is 13.9. The SMILES string of the molecule is CN(C)C(=O)C(O)CNC(=O)Nc1snc(OCc2c(F)cc(Br)cc2F)c1C(N)=O. The summed E-state index contributed by atoms with van der Waals surface area (Å²) in [7, 11) is 2.88. The normalized spacial score (nSPS) is 11.5. The van der Waals surface area contributed by atoms with Crippen molar-refractivity contribution in [3.05, 3.63) is 39.4 Å². The zero-order valence-corrected chi connectivity index (χ0v) is 18.6. The fraction of sp³-hybridized carbons (Fsp3) is 0.294. The van der Waals surface area contributed by atoms with Crippen LogP contribution in [0.5, 0.6) is 5.88 Å². The Morgan fingerprint density at radius 3 is 2.48 bits per heavy atom. The third-order valence-electron chi connectivity index (χ3n) is 3.78. The minimum Gasteiger partial charge on any atom is -0.471 e. The molecule has 0 aliphatic rings. The van der Waals surface area contributed by atoms with Crippen molar-refractivity contribution in [2.75, 3.05) is 26.0 Å². The second-order valence-corrected chi connectivity index (χ2v) is 7.97. The Labute approximate surface area is 187 Å². The molecule has 2 rings (SSSR count). The molecule has 0 spiro atoms. The van der Waals surface area contributed by atoms with Crippen molar-refractivity contribution in [3.8, 4) is 5.88 Å². The highest BCUT2D eigenvalue weighted by molar-refractivity contribution is 9.10. The van der Waals surface area contributed by atoms with Crippen LogP contribution in [-0.2, 0) is 11.4 Å². The molecule has 1 atom stereocenters. The monoisotopic (exact) mass is 521 g/mol. The summed E-state index contributed by atoms with van der Waals surface area (Å²) in [6.45, 7) is -0.974. The molecule has 0 bridgehead atoms. The number of nitrogens with zero attached hydrogens (tertiary/aromatic N) is 2. The van der Waals surface area contributed by atoms with E-state index in [9.17, 15) is 28.3 Å². The molecule has 168 valence electrons. The summed E-state index contributed by atoms with van der Waals surface area (Å²) in [6, 6.07) is 1.24. The maximum Gasteiger partial charge on any atom is 0.320 e. The van der Waals surface area contributed by atoms with Gasteiger partial charge in [-0.05, 0) is 23.7 Å². The molecule has 1 aromatic carbocycles. The molecule has 5 N–H and O–H groups in total. The van der Waals surface area contributed by atoms with Gasteiger partial charge in [-0.25, -0.2) is 13.6 Å². The quantitative estimate of drug-likeness (QED) is 0.413. The first-order valence-electron chi connectivity index (χ1n) is 8.51. The molecule has 4 amide bonds. The number of nitrogens with one attached hydrogen (secondary N) is 2. The molecule has 2 aromatic rings. The second kappa shape index (κ2) is 10.5. The number of ether oxygens (including phenoxy) is 1. The number of aliphatic hydroxyl groups excluding tert-OH is 1. The van der Waals surface area contributed by atoms with Gasteiger partial charge < -0.3 is 25.8 Å². The van der Waals surface area contributed by atoms with E-state index in [1.165, 1.54) is 14.1 Å². The minimum atomic E-state index is -1.47. The average Bonchev–Trinajstić information content (AvgIpc) is 3.07.